The van der Waals surface area contributed by atoms with Gasteiger partial charge >= 0.3 is 0 Å². The normalized spacial score (nSPS) is 19.2. The maximum Gasteiger partial charge on any atom is 0.0639 e. The summed E-state index contributed by atoms with van der Waals surface area (Å²) in [4.78, 5) is 0. The zero-order chi connectivity index (χ0) is 13.4. The summed E-state index contributed by atoms with van der Waals surface area (Å²) in [5.41, 5.74) is 11.3. The number of nitrogens with zero attached hydrogens (tertiary/aromatic N) is 3. The van der Waals surface area contributed by atoms with Crippen molar-refractivity contribution < 1.29 is 0 Å². The second-order valence-corrected chi connectivity index (χ2v) is 5.66. The molecular weight excluding hydrogens is 236 g/mol. The van der Waals surface area contributed by atoms with Crippen LogP contribution in [0.15, 0.2) is 18.5 Å². The van der Waals surface area contributed by atoms with Crippen molar-refractivity contribution in [1.82, 2.24) is 14.3 Å². The van der Waals surface area contributed by atoms with Crippen molar-refractivity contribution in [3.8, 4) is 0 Å². The van der Waals surface area contributed by atoms with Gasteiger partial charge in [-0.2, -0.15) is 5.10 Å². The van der Waals surface area contributed by atoms with E-state index in [1.165, 1.54) is 36.1 Å². The van der Waals surface area contributed by atoms with Crippen LogP contribution in [0.25, 0.3) is 0 Å². The van der Waals surface area contributed by atoms with Gasteiger partial charge in [0, 0.05) is 25.5 Å². The Morgan fingerprint density at radius 2 is 2.21 bits per heavy atom. The molecule has 1 unspecified atom stereocenters. The molecule has 0 aromatic carbocycles. The van der Waals surface area contributed by atoms with Crippen molar-refractivity contribution in [3.63, 3.8) is 0 Å². The lowest BCUT2D eigenvalue weighted by Gasteiger charge is -2.07. The van der Waals surface area contributed by atoms with E-state index in [-0.39, 0.29) is 6.04 Å². The Kier molecular flexibility index (Phi) is 3.19. The Balaban J connectivity index is 1.87. The van der Waals surface area contributed by atoms with E-state index in [9.17, 15) is 0 Å². The van der Waals surface area contributed by atoms with Crippen molar-refractivity contribution in [2.45, 2.75) is 45.2 Å². The summed E-state index contributed by atoms with van der Waals surface area (Å²) < 4.78 is 4.22. The highest BCUT2D eigenvalue weighted by Crippen LogP contribution is 2.27. The van der Waals surface area contributed by atoms with Crippen LogP contribution in [-0.4, -0.2) is 14.3 Å². The summed E-state index contributed by atoms with van der Waals surface area (Å²) in [5.74, 6) is 0. The summed E-state index contributed by atoms with van der Waals surface area (Å²) in [5, 5.41) is 4.40. The Hall–Kier alpha value is -1.55. The molecule has 1 aliphatic carbocycles. The summed E-state index contributed by atoms with van der Waals surface area (Å²) >= 11 is 0. The lowest BCUT2D eigenvalue weighted by molar-refractivity contribution is 0.607. The summed E-state index contributed by atoms with van der Waals surface area (Å²) in [6, 6.07) is 2.36. The molecule has 2 N–H and O–H groups in total. The predicted molar refractivity (Wildman–Crippen MR) is 76.0 cm³/mol. The van der Waals surface area contributed by atoms with Gasteiger partial charge in [0.05, 0.1) is 17.9 Å². The molecule has 0 radical (unpaired) electrons. The molecule has 2 aromatic heterocycles. The third-order valence-corrected chi connectivity index (χ3v) is 4.05. The van der Waals surface area contributed by atoms with Gasteiger partial charge in [-0.1, -0.05) is 6.42 Å². The Bertz CT molecular complexity index is 579. The average Bonchev–Trinajstić information content (AvgIpc) is 2.84. The lowest BCUT2D eigenvalue weighted by atomic mass is 10.1. The molecule has 0 bridgehead atoms. The minimum absolute atomic E-state index is 0.215. The lowest BCUT2D eigenvalue weighted by Crippen LogP contribution is -2.09. The van der Waals surface area contributed by atoms with Crippen LogP contribution in [-0.2, 0) is 20.0 Å². The Labute approximate surface area is 114 Å². The molecule has 1 atom stereocenters. The quantitative estimate of drug-likeness (QED) is 0.840. The average molecular weight is 258 g/mol. The van der Waals surface area contributed by atoms with Crippen LogP contribution >= 0.6 is 0 Å². The van der Waals surface area contributed by atoms with Gasteiger partial charge in [0.15, 0.2) is 0 Å². The van der Waals surface area contributed by atoms with Crippen LogP contribution < -0.4 is 5.73 Å². The molecular formula is C15H22N4. The van der Waals surface area contributed by atoms with Crippen LogP contribution in [0.3, 0.4) is 0 Å². The van der Waals surface area contributed by atoms with E-state index in [0.29, 0.717) is 0 Å². The molecule has 4 nitrogen and oxygen atoms in total. The van der Waals surface area contributed by atoms with Gasteiger partial charge in [0.25, 0.3) is 0 Å². The molecule has 2 heterocycles. The topological polar surface area (TPSA) is 48.8 Å². The maximum absolute atomic E-state index is 6.26. The van der Waals surface area contributed by atoms with Crippen LogP contribution in [0.1, 0.15) is 47.8 Å². The first-order chi connectivity index (χ1) is 9.13. The third kappa shape index (κ3) is 2.45. The van der Waals surface area contributed by atoms with Crippen molar-refractivity contribution in [3.05, 3.63) is 41.0 Å². The summed E-state index contributed by atoms with van der Waals surface area (Å²) in [6.07, 6.45) is 9.28. The molecule has 2 aromatic rings. The molecule has 0 saturated carbocycles. The number of fused-ring (bicyclic) bond motifs is 1. The SMILES string of the molecule is Cc1cc(Cn2cc3c(c2)C(N)CCCC3)n(C)n1. The van der Waals surface area contributed by atoms with Gasteiger partial charge in [0.2, 0.25) is 0 Å². The van der Waals surface area contributed by atoms with Gasteiger partial charge in [-0.15, -0.1) is 0 Å². The number of nitrogens with two attached hydrogens (primary N) is 1. The van der Waals surface area contributed by atoms with Gasteiger partial charge in [-0.25, -0.2) is 0 Å². The fourth-order valence-corrected chi connectivity index (χ4v) is 3.04. The highest BCUT2D eigenvalue weighted by molar-refractivity contribution is 5.29. The van der Waals surface area contributed by atoms with Crippen LogP contribution in [0.2, 0.25) is 0 Å². The van der Waals surface area contributed by atoms with E-state index in [4.69, 9.17) is 5.73 Å². The van der Waals surface area contributed by atoms with Crippen LogP contribution in [0.5, 0.6) is 0 Å². The van der Waals surface area contributed by atoms with E-state index >= 15 is 0 Å². The first-order valence-electron chi connectivity index (χ1n) is 7.07. The standard InChI is InChI=1S/C15H22N4/c1-11-7-13(18(2)17-11)9-19-8-12-5-3-4-6-15(16)14(12)10-19/h7-8,10,15H,3-6,9,16H2,1-2H3. The Morgan fingerprint density at radius 1 is 1.37 bits per heavy atom. The smallest absolute Gasteiger partial charge is 0.0639 e. The number of hydrogen-bond donors (Lipinski definition) is 1. The minimum Gasteiger partial charge on any atom is -0.348 e. The van der Waals surface area contributed by atoms with Crippen LogP contribution in [0, 0.1) is 6.92 Å². The molecule has 0 fully saturated rings. The zero-order valence-electron chi connectivity index (χ0n) is 11.8. The molecule has 19 heavy (non-hydrogen) atoms. The number of rotatable bonds is 2. The Morgan fingerprint density at radius 3 is 2.95 bits per heavy atom. The fourth-order valence-electron chi connectivity index (χ4n) is 3.04. The van der Waals surface area contributed by atoms with Gasteiger partial charge in [0.1, 0.15) is 0 Å². The van der Waals surface area contributed by atoms with Crippen molar-refractivity contribution in [2.24, 2.45) is 12.8 Å². The second kappa shape index (κ2) is 4.85. The predicted octanol–water partition coefficient (Wildman–Crippen LogP) is 2.30. The monoisotopic (exact) mass is 258 g/mol. The first-order valence-corrected chi connectivity index (χ1v) is 7.07. The molecule has 4 heteroatoms. The van der Waals surface area contributed by atoms with Crippen molar-refractivity contribution in [1.29, 1.82) is 0 Å². The van der Waals surface area contributed by atoms with Gasteiger partial charge < -0.3 is 10.3 Å². The number of aryl methyl sites for hydroxylation is 3. The fraction of sp³-hybridized carbons (Fsp3) is 0.533. The van der Waals surface area contributed by atoms with Crippen molar-refractivity contribution in [2.75, 3.05) is 0 Å². The highest BCUT2D eigenvalue weighted by Gasteiger charge is 2.17. The van der Waals surface area contributed by atoms with E-state index in [0.717, 1.165) is 18.7 Å². The number of aromatic nitrogens is 3. The molecule has 3 rings (SSSR count). The minimum atomic E-state index is 0.215. The summed E-state index contributed by atoms with van der Waals surface area (Å²) in [6.45, 7) is 2.90. The van der Waals surface area contributed by atoms with Crippen molar-refractivity contribution >= 4 is 0 Å². The van der Waals surface area contributed by atoms with E-state index < -0.39 is 0 Å². The highest BCUT2D eigenvalue weighted by atomic mass is 15.3. The van der Waals surface area contributed by atoms with E-state index in [2.05, 4.69) is 28.1 Å². The van der Waals surface area contributed by atoms with E-state index in [1.807, 2.05) is 18.7 Å². The van der Waals surface area contributed by atoms with E-state index in [1.54, 1.807) is 0 Å². The molecule has 102 valence electrons. The molecule has 0 aliphatic heterocycles. The molecule has 0 spiro atoms. The molecule has 0 saturated heterocycles. The van der Waals surface area contributed by atoms with Crippen LogP contribution in [0.4, 0.5) is 0 Å². The molecule has 1 aliphatic rings. The summed E-state index contributed by atoms with van der Waals surface area (Å²) in [7, 11) is 2.00. The zero-order valence-corrected chi connectivity index (χ0v) is 11.8. The largest absolute Gasteiger partial charge is 0.348 e. The molecule has 0 amide bonds. The maximum atomic E-state index is 6.26. The number of hydrogen-bond acceptors (Lipinski definition) is 2. The van der Waals surface area contributed by atoms with Gasteiger partial charge in [-0.05, 0) is 43.4 Å². The third-order valence-electron chi connectivity index (χ3n) is 4.05. The second-order valence-electron chi connectivity index (χ2n) is 5.66. The van der Waals surface area contributed by atoms with Gasteiger partial charge in [-0.3, -0.25) is 4.68 Å². The first kappa shape index (κ1) is 12.5.